The Morgan fingerprint density at radius 3 is 2.38 bits per heavy atom. The SMILES string of the molecule is CN=C(NCCC(=O)Nc1ccc(C)cn1)NCc1ccc(C(=O)N(C)C)cc1. The maximum atomic E-state index is 12.0. The molecular formula is C21H28N6O2. The predicted molar refractivity (Wildman–Crippen MR) is 115 cm³/mol. The molecule has 0 bridgehead atoms. The van der Waals surface area contributed by atoms with Crippen LogP contribution >= 0.6 is 0 Å². The molecule has 2 aromatic rings. The summed E-state index contributed by atoms with van der Waals surface area (Å²) < 4.78 is 0. The van der Waals surface area contributed by atoms with Gasteiger partial charge in [-0.2, -0.15) is 0 Å². The fraction of sp³-hybridized carbons (Fsp3) is 0.333. The van der Waals surface area contributed by atoms with Crippen molar-refractivity contribution in [1.29, 1.82) is 0 Å². The van der Waals surface area contributed by atoms with Gasteiger partial charge in [0.15, 0.2) is 5.96 Å². The van der Waals surface area contributed by atoms with Crippen molar-refractivity contribution in [3.63, 3.8) is 0 Å². The number of amides is 2. The molecule has 2 rings (SSSR count). The first-order valence-electron chi connectivity index (χ1n) is 9.36. The van der Waals surface area contributed by atoms with Crippen molar-refractivity contribution in [3.05, 3.63) is 59.3 Å². The van der Waals surface area contributed by atoms with Gasteiger partial charge in [-0.25, -0.2) is 4.98 Å². The van der Waals surface area contributed by atoms with Crippen LogP contribution in [0.25, 0.3) is 0 Å². The fourth-order valence-electron chi connectivity index (χ4n) is 2.47. The van der Waals surface area contributed by atoms with Crippen molar-refractivity contribution in [2.75, 3.05) is 33.0 Å². The first-order valence-corrected chi connectivity index (χ1v) is 9.36. The van der Waals surface area contributed by atoms with E-state index in [9.17, 15) is 9.59 Å². The smallest absolute Gasteiger partial charge is 0.253 e. The molecule has 1 heterocycles. The van der Waals surface area contributed by atoms with E-state index in [1.54, 1.807) is 50.4 Å². The molecule has 3 N–H and O–H groups in total. The molecule has 0 spiro atoms. The third-order valence-corrected chi connectivity index (χ3v) is 4.11. The van der Waals surface area contributed by atoms with Gasteiger partial charge in [-0.15, -0.1) is 0 Å². The van der Waals surface area contributed by atoms with E-state index < -0.39 is 0 Å². The van der Waals surface area contributed by atoms with Crippen LogP contribution in [0.1, 0.15) is 27.9 Å². The summed E-state index contributed by atoms with van der Waals surface area (Å²) in [6.45, 7) is 2.93. The molecular weight excluding hydrogens is 368 g/mol. The number of guanidine groups is 1. The van der Waals surface area contributed by atoms with E-state index in [2.05, 4.69) is 25.9 Å². The molecule has 0 aliphatic heterocycles. The highest BCUT2D eigenvalue weighted by Gasteiger charge is 2.08. The van der Waals surface area contributed by atoms with Gasteiger partial charge in [0.1, 0.15) is 5.82 Å². The van der Waals surface area contributed by atoms with E-state index >= 15 is 0 Å². The average molecular weight is 396 g/mol. The Hall–Kier alpha value is -3.42. The van der Waals surface area contributed by atoms with Crippen LogP contribution in [0, 0.1) is 6.92 Å². The highest BCUT2D eigenvalue weighted by molar-refractivity contribution is 5.94. The van der Waals surface area contributed by atoms with Gasteiger partial charge in [0, 0.05) is 52.4 Å². The zero-order valence-electron chi connectivity index (χ0n) is 17.3. The van der Waals surface area contributed by atoms with Gasteiger partial charge >= 0.3 is 0 Å². The number of carbonyl (C=O) groups excluding carboxylic acids is 2. The Kier molecular flexibility index (Phi) is 8.14. The van der Waals surface area contributed by atoms with Crippen LogP contribution in [0.15, 0.2) is 47.6 Å². The first-order chi connectivity index (χ1) is 13.9. The van der Waals surface area contributed by atoms with Gasteiger partial charge in [-0.1, -0.05) is 18.2 Å². The second-order valence-corrected chi connectivity index (χ2v) is 6.77. The van der Waals surface area contributed by atoms with Gasteiger partial charge in [-0.3, -0.25) is 14.6 Å². The molecule has 0 saturated heterocycles. The van der Waals surface area contributed by atoms with Crippen molar-refractivity contribution in [1.82, 2.24) is 20.5 Å². The van der Waals surface area contributed by atoms with Crippen LogP contribution < -0.4 is 16.0 Å². The minimum absolute atomic E-state index is 0.0268. The molecule has 8 heteroatoms. The summed E-state index contributed by atoms with van der Waals surface area (Å²) >= 11 is 0. The van der Waals surface area contributed by atoms with Gasteiger partial charge in [0.05, 0.1) is 0 Å². The predicted octanol–water partition coefficient (Wildman–Crippen LogP) is 1.79. The van der Waals surface area contributed by atoms with Crippen molar-refractivity contribution >= 4 is 23.6 Å². The highest BCUT2D eigenvalue weighted by atomic mass is 16.2. The minimum Gasteiger partial charge on any atom is -0.356 e. The Bertz CT molecular complexity index is 844. The monoisotopic (exact) mass is 396 g/mol. The zero-order valence-corrected chi connectivity index (χ0v) is 17.3. The van der Waals surface area contributed by atoms with Crippen molar-refractivity contribution in [2.45, 2.75) is 19.9 Å². The minimum atomic E-state index is -0.120. The Labute approximate surface area is 171 Å². The molecule has 29 heavy (non-hydrogen) atoms. The zero-order chi connectivity index (χ0) is 21.2. The Morgan fingerprint density at radius 1 is 1.07 bits per heavy atom. The van der Waals surface area contributed by atoms with Crippen molar-refractivity contribution in [3.8, 4) is 0 Å². The summed E-state index contributed by atoms with van der Waals surface area (Å²) in [5.74, 6) is 0.991. The van der Waals surface area contributed by atoms with Gasteiger partial charge in [0.2, 0.25) is 5.91 Å². The van der Waals surface area contributed by atoms with Gasteiger partial charge in [0.25, 0.3) is 5.91 Å². The molecule has 0 aliphatic carbocycles. The number of hydrogen-bond acceptors (Lipinski definition) is 4. The number of carbonyl (C=O) groups is 2. The van der Waals surface area contributed by atoms with Crippen LogP contribution in [0.2, 0.25) is 0 Å². The van der Waals surface area contributed by atoms with Gasteiger partial charge in [-0.05, 0) is 36.2 Å². The second-order valence-electron chi connectivity index (χ2n) is 6.77. The summed E-state index contributed by atoms with van der Waals surface area (Å²) in [5.41, 5.74) is 2.71. The number of aryl methyl sites for hydroxylation is 1. The highest BCUT2D eigenvalue weighted by Crippen LogP contribution is 2.06. The van der Waals surface area contributed by atoms with Crippen LogP contribution in [0.3, 0.4) is 0 Å². The van der Waals surface area contributed by atoms with Crippen LogP contribution in [0.5, 0.6) is 0 Å². The molecule has 1 aromatic heterocycles. The standard InChI is InChI=1S/C21H28N6O2/c1-15-5-10-18(24-13-15)26-19(28)11-12-23-21(22-2)25-14-16-6-8-17(9-7-16)20(29)27(3)4/h5-10,13H,11-12,14H2,1-4H3,(H2,22,23,25)(H,24,26,28). The summed E-state index contributed by atoms with van der Waals surface area (Å²) in [7, 11) is 5.13. The summed E-state index contributed by atoms with van der Waals surface area (Å²) in [4.78, 5) is 33.8. The van der Waals surface area contributed by atoms with Crippen molar-refractivity contribution < 1.29 is 9.59 Å². The van der Waals surface area contributed by atoms with E-state index in [1.165, 1.54) is 0 Å². The molecule has 154 valence electrons. The number of benzene rings is 1. The summed E-state index contributed by atoms with van der Waals surface area (Å²) in [6, 6.07) is 11.1. The fourth-order valence-corrected chi connectivity index (χ4v) is 2.47. The molecule has 8 nitrogen and oxygen atoms in total. The first kappa shape index (κ1) is 21.9. The molecule has 0 radical (unpaired) electrons. The molecule has 0 saturated carbocycles. The summed E-state index contributed by atoms with van der Waals surface area (Å²) in [6.07, 6.45) is 2.00. The maximum absolute atomic E-state index is 12.0. The molecule has 0 fully saturated rings. The summed E-state index contributed by atoms with van der Waals surface area (Å²) in [5, 5.41) is 9.05. The molecule has 1 aromatic carbocycles. The lowest BCUT2D eigenvalue weighted by molar-refractivity contribution is -0.116. The number of anilines is 1. The number of pyridine rings is 1. The van der Waals surface area contributed by atoms with Gasteiger partial charge < -0.3 is 20.9 Å². The van der Waals surface area contributed by atoms with E-state index in [1.807, 2.05) is 25.1 Å². The third-order valence-electron chi connectivity index (χ3n) is 4.11. The van der Waals surface area contributed by atoms with Crippen LogP contribution in [0.4, 0.5) is 5.82 Å². The quantitative estimate of drug-likeness (QED) is 0.490. The number of aliphatic imine (C=N–C) groups is 1. The largest absolute Gasteiger partial charge is 0.356 e. The Balaban J connectivity index is 1.74. The molecule has 2 amide bonds. The second kappa shape index (κ2) is 10.8. The van der Waals surface area contributed by atoms with E-state index in [0.29, 0.717) is 30.4 Å². The molecule has 0 unspecified atom stereocenters. The third kappa shape index (κ3) is 7.25. The number of nitrogens with one attached hydrogen (secondary N) is 3. The topological polar surface area (TPSA) is 98.7 Å². The molecule has 0 atom stereocenters. The van der Waals surface area contributed by atoms with Crippen molar-refractivity contribution in [2.24, 2.45) is 4.99 Å². The lowest BCUT2D eigenvalue weighted by Crippen LogP contribution is -2.38. The molecule has 0 aliphatic rings. The number of aromatic nitrogens is 1. The maximum Gasteiger partial charge on any atom is 0.253 e. The number of rotatable bonds is 7. The lowest BCUT2D eigenvalue weighted by Gasteiger charge is -2.13. The number of nitrogens with zero attached hydrogens (tertiary/aromatic N) is 3. The van der Waals surface area contributed by atoms with E-state index in [4.69, 9.17) is 0 Å². The average Bonchev–Trinajstić information content (AvgIpc) is 2.72. The van der Waals surface area contributed by atoms with Crippen LogP contribution in [-0.4, -0.2) is 55.3 Å². The van der Waals surface area contributed by atoms with E-state index in [0.717, 1.165) is 11.1 Å². The lowest BCUT2D eigenvalue weighted by atomic mass is 10.1. The van der Waals surface area contributed by atoms with Crippen LogP contribution in [-0.2, 0) is 11.3 Å². The van der Waals surface area contributed by atoms with E-state index in [-0.39, 0.29) is 18.2 Å². The normalized spacial score (nSPS) is 11.0. The number of hydrogen-bond donors (Lipinski definition) is 3. The Morgan fingerprint density at radius 2 is 1.79 bits per heavy atom.